The van der Waals surface area contributed by atoms with Gasteiger partial charge in [-0.25, -0.2) is 0 Å². The standard InChI is InChI=1S/C19H16N4O/c1-23-13-17(12-22-23)19(24)21-11-14-6-8-15(9-7-14)18-5-3-2-4-16(18)10-20/h2-9,12-13H,11H2,1H3,(H,21,24). The van der Waals surface area contributed by atoms with Gasteiger partial charge in [0.25, 0.3) is 5.91 Å². The van der Waals surface area contributed by atoms with E-state index in [0.717, 1.165) is 16.7 Å². The first-order valence-corrected chi connectivity index (χ1v) is 7.52. The highest BCUT2D eigenvalue weighted by molar-refractivity contribution is 5.93. The maximum atomic E-state index is 12.0. The van der Waals surface area contributed by atoms with Crippen molar-refractivity contribution in [3.8, 4) is 17.2 Å². The molecule has 3 rings (SSSR count). The molecule has 0 unspecified atom stereocenters. The second-order valence-corrected chi connectivity index (χ2v) is 5.44. The molecule has 3 aromatic rings. The van der Waals surface area contributed by atoms with E-state index < -0.39 is 0 Å². The van der Waals surface area contributed by atoms with E-state index in [2.05, 4.69) is 16.5 Å². The maximum Gasteiger partial charge on any atom is 0.254 e. The van der Waals surface area contributed by atoms with E-state index in [4.69, 9.17) is 0 Å². The minimum absolute atomic E-state index is 0.151. The van der Waals surface area contributed by atoms with Crippen molar-refractivity contribution in [1.82, 2.24) is 15.1 Å². The van der Waals surface area contributed by atoms with Gasteiger partial charge in [0.2, 0.25) is 0 Å². The molecule has 0 saturated carbocycles. The smallest absolute Gasteiger partial charge is 0.254 e. The summed E-state index contributed by atoms with van der Waals surface area (Å²) in [5.74, 6) is -0.151. The summed E-state index contributed by atoms with van der Waals surface area (Å²) in [5.41, 5.74) is 4.07. The predicted octanol–water partition coefficient (Wildman–Crippen LogP) is 2.89. The topological polar surface area (TPSA) is 70.7 Å². The molecule has 1 N–H and O–H groups in total. The molecule has 0 atom stereocenters. The SMILES string of the molecule is Cn1cc(C(=O)NCc2ccc(-c3ccccc3C#N)cc2)cn1. The average Bonchev–Trinajstić information content (AvgIpc) is 3.06. The number of hydrogen-bond donors (Lipinski definition) is 1. The number of aryl methyl sites for hydroxylation is 1. The fraction of sp³-hybridized carbons (Fsp3) is 0.105. The van der Waals surface area contributed by atoms with Crippen LogP contribution >= 0.6 is 0 Å². The number of nitriles is 1. The normalized spacial score (nSPS) is 10.2. The van der Waals surface area contributed by atoms with Gasteiger partial charge in [0.15, 0.2) is 0 Å². The van der Waals surface area contributed by atoms with Gasteiger partial charge in [-0.1, -0.05) is 42.5 Å². The molecule has 1 heterocycles. The third kappa shape index (κ3) is 3.33. The lowest BCUT2D eigenvalue weighted by molar-refractivity contribution is 0.0951. The summed E-state index contributed by atoms with van der Waals surface area (Å²) in [5, 5.41) is 16.0. The third-order valence-electron chi connectivity index (χ3n) is 3.73. The Morgan fingerprint density at radius 1 is 1.21 bits per heavy atom. The highest BCUT2D eigenvalue weighted by Crippen LogP contribution is 2.23. The van der Waals surface area contributed by atoms with Gasteiger partial charge in [-0.15, -0.1) is 0 Å². The number of nitrogens with zero attached hydrogens (tertiary/aromatic N) is 3. The van der Waals surface area contributed by atoms with Gasteiger partial charge in [0.1, 0.15) is 0 Å². The summed E-state index contributed by atoms with van der Waals surface area (Å²) in [4.78, 5) is 12.0. The van der Waals surface area contributed by atoms with Gasteiger partial charge in [-0.2, -0.15) is 10.4 Å². The lowest BCUT2D eigenvalue weighted by Crippen LogP contribution is -2.22. The Hall–Kier alpha value is -3.39. The zero-order chi connectivity index (χ0) is 16.9. The van der Waals surface area contributed by atoms with Crippen molar-refractivity contribution in [3.05, 3.63) is 77.6 Å². The first-order chi connectivity index (χ1) is 11.7. The number of carbonyl (C=O) groups is 1. The van der Waals surface area contributed by atoms with E-state index >= 15 is 0 Å². The molecule has 0 aliphatic heterocycles. The molecule has 5 nitrogen and oxygen atoms in total. The summed E-state index contributed by atoms with van der Waals surface area (Å²) in [6, 6.07) is 17.5. The molecular formula is C19H16N4O. The first kappa shape index (κ1) is 15.5. The van der Waals surface area contributed by atoms with Crippen LogP contribution in [0.2, 0.25) is 0 Å². The lowest BCUT2D eigenvalue weighted by Gasteiger charge is -2.07. The molecule has 0 aliphatic carbocycles. The van der Waals surface area contributed by atoms with Crippen molar-refractivity contribution in [2.75, 3.05) is 0 Å². The third-order valence-corrected chi connectivity index (χ3v) is 3.73. The molecule has 1 amide bonds. The van der Waals surface area contributed by atoms with E-state index in [1.807, 2.05) is 42.5 Å². The van der Waals surface area contributed by atoms with Crippen LogP contribution in [0.3, 0.4) is 0 Å². The van der Waals surface area contributed by atoms with Crippen LogP contribution in [0.15, 0.2) is 60.9 Å². The largest absolute Gasteiger partial charge is 0.348 e. The van der Waals surface area contributed by atoms with E-state index in [1.165, 1.54) is 6.20 Å². The summed E-state index contributed by atoms with van der Waals surface area (Å²) >= 11 is 0. The van der Waals surface area contributed by atoms with Crippen molar-refractivity contribution in [2.24, 2.45) is 7.05 Å². The monoisotopic (exact) mass is 316 g/mol. The molecular weight excluding hydrogens is 300 g/mol. The van der Waals surface area contributed by atoms with Gasteiger partial charge in [0.05, 0.1) is 23.4 Å². The number of rotatable bonds is 4. The van der Waals surface area contributed by atoms with Gasteiger partial charge in [-0.05, 0) is 22.8 Å². The highest BCUT2D eigenvalue weighted by atomic mass is 16.1. The second-order valence-electron chi connectivity index (χ2n) is 5.44. The zero-order valence-corrected chi connectivity index (χ0v) is 13.2. The Morgan fingerprint density at radius 2 is 1.96 bits per heavy atom. The lowest BCUT2D eigenvalue weighted by atomic mass is 9.99. The Labute approximate surface area is 140 Å². The molecule has 0 spiro atoms. The van der Waals surface area contributed by atoms with E-state index in [0.29, 0.717) is 17.7 Å². The Morgan fingerprint density at radius 3 is 2.62 bits per heavy atom. The fourth-order valence-electron chi connectivity index (χ4n) is 2.46. The summed E-state index contributed by atoms with van der Waals surface area (Å²) in [7, 11) is 1.77. The van der Waals surface area contributed by atoms with Crippen molar-refractivity contribution in [2.45, 2.75) is 6.54 Å². The van der Waals surface area contributed by atoms with Gasteiger partial charge in [-0.3, -0.25) is 9.48 Å². The van der Waals surface area contributed by atoms with E-state index in [9.17, 15) is 10.1 Å². The minimum atomic E-state index is -0.151. The van der Waals surface area contributed by atoms with Crippen LogP contribution in [-0.4, -0.2) is 15.7 Å². The zero-order valence-electron chi connectivity index (χ0n) is 13.2. The molecule has 2 aromatic carbocycles. The van der Waals surface area contributed by atoms with Crippen molar-refractivity contribution < 1.29 is 4.79 Å². The van der Waals surface area contributed by atoms with Crippen molar-refractivity contribution in [3.63, 3.8) is 0 Å². The molecule has 0 aliphatic rings. The van der Waals surface area contributed by atoms with Crippen LogP contribution < -0.4 is 5.32 Å². The van der Waals surface area contributed by atoms with Crippen LogP contribution in [0.1, 0.15) is 21.5 Å². The van der Waals surface area contributed by atoms with Crippen LogP contribution in [-0.2, 0) is 13.6 Å². The van der Waals surface area contributed by atoms with Gasteiger partial charge < -0.3 is 5.32 Å². The quantitative estimate of drug-likeness (QED) is 0.804. The summed E-state index contributed by atoms with van der Waals surface area (Å²) < 4.78 is 1.59. The number of nitrogens with one attached hydrogen (secondary N) is 1. The summed E-state index contributed by atoms with van der Waals surface area (Å²) in [6.07, 6.45) is 3.22. The number of carbonyl (C=O) groups excluding carboxylic acids is 1. The van der Waals surface area contributed by atoms with Gasteiger partial charge >= 0.3 is 0 Å². The highest BCUT2D eigenvalue weighted by Gasteiger charge is 2.08. The molecule has 0 radical (unpaired) electrons. The Kier molecular flexibility index (Phi) is 4.39. The average molecular weight is 316 g/mol. The molecule has 0 saturated heterocycles. The predicted molar refractivity (Wildman–Crippen MR) is 91.0 cm³/mol. The number of hydrogen-bond acceptors (Lipinski definition) is 3. The first-order valence-electron chi connectivity index (χ1n) is 7.52. The van der Waals surface area contributed by atoms with Crippen LogP contribution in [0.25, 0.3) is 11.1 Å². The molecule has 1 aromatic heterocycles. The van der Waals surface area contributed by atoms with Crippen LogP contribution in [0.5, 0.6) is 0 Å². The second kappa shape index (κ2) is 6.80. The van der Waals surface area contributed by atoms with Crippen LogP contribution in [0.4, 0.5) is 0 Å². The number of amides is 1. The molecule has 118 valence electrons. The van der Waals surface area contributed by atoms with Crippen LogP contribution in [0, 0.1) is 11.3 Å². The molecule has 0 fully saturated rings. The maximum absolute atomic E-state index is 12.0. The Bertz CT molecular complexity index is 904. The summed E-state index contributed by atoms with van der Waals surface area (Å²) in [6.45, 7) is 0.438. The molecule has 5 heteroatoms. The molecule has 24 heavy (non-hydrogen) atoms. The minimum Gasteiger partial charge on any atom is -0.348 e. The molecule has 0 bridgehead atoms. The van der Waals surface area contributed by atoms with Crippen molar-refractivity contribution in [1.29, 1.82) is 5.26 Å². The fourth-order valence-corrected chi connectivity index (χ4v) is 2.46. The van der Waals surface area contributed by atoms with E-state index in [1.54, 1.807) is 24.0 Å². The number of aromatic nitrogens is 2. The van der Waals surface area contributed by atoms with Gasteiger partial charge in [0, 0.05) is 19.8 Å². The number of benzene rings is 2. The van der Waals surface area contributed by atoms with Crippen molar-refractivity contribution >= 4 is 5.91 Å². The van der Waals surface area contributed by atoms with E-state index in [-0.39, 0.29) is 5.91 Å². The Balaban J connectivity index is 1.69.